The second-order valence-corrected chi connectivity index (χ2v) is 5.43. The number of halogens is 2. The van der Waals surface area contributed by atoms with Gasteiger partial charge in [-0.1, -0.05) is 17.7 Å². The molecule has 0 atom stereocenters. The van der Waals surface area contributed by atoms with Crippen LogP contribution < -0.4 is 5.32 Å². The smallest absolute Gasteiger partial charge is 0.194 e. The zero-order valence-electron chi connectivity index (χ0n) is 10.2. The van der Waals surface area contributed by atoms with Crippen LogP contribution >= 0.6 is 22.9 Å². The summed E-state index contributed by atoms with van der Waals surface area (Å²) >= 11 is 7.56. The molecule has 0 aliphatic heterocycles. The highest BCUT2D eigenvalue weighted by molar-refractivity contribution is 7.15. The average Bonchev–Trinajstić information content (AvgIpc) is 2.90. The van der Waals surface area contributed by atoms with Gasteiger partial charge in [-0.05, 0) is 19.1 Å². The Balaban J connectivity index is 1.90. The maximum Gasteiger partial charge on any atom is 0.194 e. The maximum absolute atomic E-state index is 13.7. The van der Waals surface area contributed by atoms with Crippen molar-refractivity contribution in [3.05, 3.63) is 52.0 Å². The summed E-state index contributed by atoms with van der Waals surface area (Å²) in [6.07, 6.45) is 1.96. The third-order valence-corrected chi connectivity index (χ3v) is 4.03. The van der Waals surface area contributed by atoms with Gasteiger partial charge in [0, 0.05) is 11.6 Å². The molecular weight excluding hydrogens is 285 g/mol. The molecule has 0 spiro atoms. The van der Waals surface area contributed by atoms with Crippen molar-refractivity contribution < 1.29 is 4.39 Å². The number of nitrogens with zero attached hydrogens (tertiary/aromatic N) is 2. The number of hydrogen-bond donors (Lipinski definition) is 1. The number of benzene rings is 1. The Bertz CT molecular complexity index is 714. The van der Waals surface area contributed by atoms with Crippen LogP contribution in [0, 0.1) is 12.7 Å². The van der Waals surface area contributed by atoms with Crippen molar-refractivity contribution in [2.45, 2.75) is 13.5 Å². The SMILES string of the molecule is Cc1nc2sccn2c1CNc1c(F)cccc1Cl. The first-order chi connectivity index (χ1) is 9.16. The van der Waals surface area contributed by atoms with Crippen molar-refractivity contribution in [3.63, 3.8) is 0 Å². The summed E-state index contributed by atoms with van der Waals surface area (Å²) in [5.41, 5.74) is 2.27. The number of aromatic nitrogens is 2. The molecule has 19 heavy (non-hydrogen) atoms. The Morgan fingerprint density at radius 2 is 2.32 bits per heavy atom. The lowest BCUT2D eigenvalue weighted by Crippen LogP contribution is -2.05. The third-order valence-electron chi connectivity index (χ3n) is 2.96. The average molecular weight is 296 g/mol. The first kappa shape index (κ1) is 12.4. The Kier molecular flexibility index (Phi) is 3.16. The number of para-hydroxylation sites is 1. The van der Waals surface area contributed by atoms with Crippen LogP contribution in [0.4, 0.5) is 10.1 Å². The zero-order valence-corrected chi connectivity index (χ0v) is 11.7. The molecule has 2 heterocycles. The molecule has 98 valence electrons. The van der Waals surface area contributed by atoms with Gasteiger partial charge in [0.2, 0.25) is 0 Å². The van der Waals surface area contributed by atoms with Gasteiger partial charge in [0.15, 0.2) is 4.96 Å². The molecule has 6 heteroatoms. The molecule has 1 aromatic carbocycles. The fraction of sp³-hybridized carbons (Fsp3) is 0.154. The fourth-order valence-corrected chi connectivity index (χ4v) is 3.00. The number of thiazole rings is 1. The molecule has 0 aliphatic carbocycles. The summed E-state index contributed by atoms with van der Waals surface area (Å²) in [7, 11) is 0. The van der Waals surface area contributed by atoms with Gasteiger partial charge in [-0.2, -0.15) is 0 Å². The predicted octanol–water partition coefficient (Wildman–Crippen LogP) is 4.11. The van der Waals surface area contributed by atoms with Crippen LogP contribution in [-0.2, 0) is 6.54 Å². The van der Waals surface area contributed by atoms with E-state index in [1.807, 2.05) is 22.9 Å². The molecule has 0 unspecified atom stereocenters. The second kappa shape index (κ2) is 4.83. The minimum Gasteiger partial charge on any atom is -0.376 e. The van der Waals surface area contributed by atoms with Gasteiger partial charge >= 0.3 is 0 Å². The topological polar surface area (TPSA) is 29.3 Å². The van der Waals surface area contributed by atoms with E-state index >= 15 is 0 Å². The fourth-order valence-electron chi connectivity index (χ4n) is 1.99. The summed E-state index contributed by atoms with van der Waals surface area (Å²) in [6.45, 7) is 2.42. The summed E-state index contributed by atoms with van der Waals surface area (Å²) in [6, 6.07) is 4.64. The van der Waals surface area contributed by atoms with Crippen molar-refractivity contribution in [2.24, 2.45) is 0 Å². The predicted molar refractivity (Wildman–Crippen MR) is 76.5 cm³/mol. The van der Waals surface area contributed by atoms with Crippen LogP contribution in [0.3, 0.4) is 0 Å². The van der Waals surface area contributed by atoms with Crippen molar-refractivity contribution in [2.75, 3.05) is 5.32 Å². The Morgan fingerprint density at radius 1 is 1.47 bits per heavy atom. The van der Waals surface area contributed by atoms with Crippen LogP contribution in [0.25, 0.3) is 4.96 Å². The quantitative estimate of drug-likeness (QED) is 0.788. The van der Waals surface area contributed by atoms with Crippen LogP contribution in [0.15, 0.2) is 29.8 Å². The molecule has 3 nitrogen and oxygen atoms in total. The molecule has 0 bridgehead atoms. The van der Waals surface area contributed by atoms with E-state index in [1.54, 1.807) is 23.5 Å². The van der Waals surface area contributed by atoms with E-state index in [-0.39, 0.29) is 5.82 Å². The van der Waals surface area contributed by atoms with Gasteiger partial charge in [-0.3, -0.25) is 4.40 Å². The largest absolute Gasteiger partial charge is 0.376 e. The molecule has 0 radical (unpaired) electrons. The van der Waals surface area contributed by atoms with E-state index in [2.05, 4.69) is 10.3 Å². The first-order valence-electron chi connectivity index (χ1n) is 5.75. The van der Waals surface area contributed by atoms with Crippen LogP contribution in [0.5, 0.6) is 0 Å². The number of rotatable bonds is 3. The lowest BCUT2D eigenvalue weighted by atomic mass is 10.3. The normalized spacial score (nSPS) is 11.1. The maximum atomic E-state index is 13.7. The van der Waals surface area contributed by atoms with Crippen molar-refractivity contribution >= 4 is 33.6 Å². The highest BCUT2D eigenvalue weighted by atomic mass is 35.5. The van der Waals surface area contributed by atoms with E-state index in [4.69, 9.17) is 11.6 Å². The summed E-state index contributed by atoms with van der Waals surface area (Å²) in [4.78, 5) is 5.38. The molecular formula is C13H11ClFN3S. The van der Waals surface area contributed by atoms with Crippen molar-refractivity contribution in [1.82, 2.24) is 9.38 Å². The Hall–Kier alpha value is -1.59. The number of hydrogen-bond acceptors (Lipinski definition) is 3. The number of nitrogens with one attached hydrogen (secondary N) is 1. The van der Waals surface area contributed by atoms with Gasteiger partial charge in [0.25, 0.3) is 0 Å². The molecule has 3 rings (SSSR count). The zero-order chi connectivity index (χ0) is 13.4. The number of aryl methyl sites for hydroxylation is 1. The monoisotopic (exact) mass is 295 g/mol. The van der Waals surface area contributed by atoms with E-state index in [1.165, 1.54) is 6.07 Å². The van der Waals surface area contributed by atoms with Gasteiger partial charge in [-0.15, -0.1) is 11.3 Å². The highest BCUT2D eigenvalue weighted by Gasteiger charge is 2.11. The van der Waals surface area contributed by atoms with Gasteiger partial charge in [0.1, 0.15) is 5.82 Å². The van der Waals surface area contributed by atoms with E-state index in [9.17, 15) is 4.39 Å². The first-order valence-corrected chi connectivity index (χ1v) is 7.01. The molecule has 0 aliphatic rings. The van der Waals surface area contributed by atoms with Crippen molar-refractivity contribution in [3.8, 4) is 0 Å². The molecule has 3 aromatic rings. The molecule has 0 saturated heterocycles. The van der Waals surface area contributed by atoms with Gasteiger partial charge in [-0.25, -0.2) is 9.37 Å². The standard InChI is InChI=1S/C13H11ClFN3S/c1-8-11(18-5-6-19-13(18)17-8)7-16-12-9(14)3-2-4-10(12)15/h2-6,16H,7H2,1H3. The highest BCUT2D eigenvalue weighted by Crippen LogP contribution is 2.26. The van der Waals surface area contributed by atoms with Gasteiger partial charge in [0.05, 0.1) is 28.6 Å². The minimum absolute atomic E-state index is 0.328. The van der Waals surface area contributed by atoms with Crippen LogP contribution in [-0.4, -0.2) is 9.38 Å². The van der Waals surface area contributed by atoms with Gasteiger partial charge < -0.3 is 5.32 Å². The molecule has 0 fully saturated rings. The summed E-state index contributed by atoms with van der Waals surface area (Å²) < 4.78 is 15.7. The second-order valence-electron chi connectivity index (χ2n) is 4.15. The number of anilines is 1. The van der Waals surface area contributed by atoms with E-state index in [0.29, 0.717) is 17.3 Å². The summed E-state index contributed by atoms with van der Waals surface area (Å²) in [5, 5.41) is 5.40. The molecule has 0 amide bonds. The Morgan fingerprint density at radius 3 is 3.11 bits per heavy atom. The van der Waals surface area contributed by atoms with Crippen LogP contribution in [0.2, 0.25) is 5.02 Å². The van der Waals surface area contributed by atoms with Crippen LogP contribution in [0.1, 0.15) is 11.4 Å². The van der Waals surface area contributed by atoms with Crippen molar-refractivity contribution in [1.29, 1.82) is 0 Å². The lowest BCUT2D eigenvalue weighted by molar-refractivity contribution is 0.630. The van der Waals surface area contributed by atoms with E-state index < -0.39 is 0 Å². The molecule has 1 N–H and O–H groups in total. The molecule has 2 aromatic heterocycles. The lowest BCUT2D eigenvalue weighted by Gasteiger charge is -2.09. The number of imidazole rings is 1. The third kappa shape index (κ3) is 2.19. The minimum atomic E-state index is -0.351. The molecule has 0 saturated carbocycles. The summed E-state index contributed by atoms with van der Waals surface area (Å²) in [5.74, 6) is -0.351. The van der Waals surface area contributed by atoms with E-state index in [0.717, 1.165) is 16.3 Å². The Labute approximate surface area is 118 Å². The number of fused-ring (bicyclic) bond motifs is 1.